The number of amides is 1. The topological polar surface area (TPSA) is 56.2 Å². The summed E-state index contributed by atoms with van der Waals surface area (Å²) in [5.74, 6) is 2.07. The summed E-state index contributed by atoms with van der Waals surface area (Å²) < 4.78 is 8.17. The molecule has 0 aliphatic carbocycles. The lowest BCUT2D eigenvalue weighted by Gasteiger charge is -2.17. The molecule has 0 saturated carbocycles. The number of rotatable bonds is 8. The molecule has 1 N–H and O–H groups in total. The van der Waals surface area contributed by atoms with E-state index < -0.39 is 0 Å². The predicted octanol–water partition coefficient (Wildman–Crippen LogP) is 6.04. The van der Waals surface area contributed by atoms with Crippen LogP contribution in [0.1, 0.15) is 60.0 Å². The quantitative estimate of drug-likeness (QED) is 0.363. The molecule has 0 aliphatic heterocycles. The number of hydrogen-bond acceptors (Lipinski definition) is 3. The standard InChI is InChI=1S/C28H31N3O2/c1-19(2)22-13-15-23(16-14-22)33-18-17-31-26-12-8-7-11-25(26)30-27(31)21(4)29-28(32)24-10-6-5-9-20(24)3/h5-16,19,21H,17-18H2,1-4H3,(H,29,32). The van der Waals surface area contributed by atoms with Gasteiger partial charge in [-0.2, -0.15) is 0 Å². The van der Waals surface area contributed by atoms with Crippen LogP contribution in [-0.2, 0) is 6.54 Å². The summed E-state index contributed by atoms with van der Waals surface area (Å²) >= 11 is 0. The van der Waals surface area contributed by atoms with Crippen molar-refractivity contribution in [2.24, 2.45) is 0 Å². The number of para-hydroxylation sites is 2. The van der Waals surface area contributed by atoms with Crippen LogP contribution in [-0.4, -0.2) is 22.1 Å². The van der Waals surface area contributed by atoms with E-state index in [9.17, 15) is 4.79 Å². The van der Waals surface area contributed by atoms with E-state index in [-0.39, 0.29) is 11.9 Å². The minimum Gasteiger partial charge on any atom is -0.492 e. The molecule has 4 aromatic rings. The van der Waals surface area contributed by atoms with E-state index in [1.807, 2.05) is 68.4 Å². The average molecular weight is 442 g/mol. The van der Waals surface area contributed by atoms with E-state index in [0.717, 1.165) is 28.2 Å². The lowest BCUT2D eigenvalue weighted by Crippen LogP contribution is -2.29. The van der Waals surface area contributed by atoms with Crippen LogP contribution in [0.3, 0.4) is 0 Å². The highest BCUT2D eigenvalue weighted by molar-refractivity contribution is 5.95. The van der Waals surface area contributed by atoms with Gasteiger partial charge in [0.1, 0.15) is 18.2 Å². The van der Waals surface area contributed by atoms with Crippen molar-refractivity contribution in [2.45, 2.75) is 46.2 Å². The van der Waals surface area contributed by atoms with Crippen molar-refractivity contribution in [1.29, 1.82) is 0 Å². The summed E-state index contributed by atoms with van der Waals surface area (Å²) in [6.45, 7) is 9.42. The molecular formula is C28H31N3O2. The molecule has 170 valence electrons. The number of fused-ring (bicyclic) bond motifs is 1. The molecule has 0 spiro atoms. The van der Waals surface area contributed by atoms with Gasteiger partial charge in [0.15, 0.2) is 0 Å². The Morgan fingerprint density at radius 2 is 1.67 bits per heavy atom. The molecule has 1 atom stereocenters. The second-order valence-electron chi connectivity index (χ2n) is 8.69. The molecule has 1 unspecified atom stereocenters. The van der Waals surface area contributed by atoms with E-state index in [4.69, 9.17) is 9.72 Å². The molecule has 0 bridgehead atoms. The van der Waals surface area contributed by atoms with Gasteiger partial charge in [-0.05, 0) is 61.2 Å². The number of ether oxygens (including phenoxy) is 1. The maximum atomic E-state index is 12.9. The summed E-state index contributed by atoms with van der Waals surface area (Å²) in [6.07, 6.45) is 0. The number of carbonyl (C=O) groups is 1. The van der Waals surface area contributed by atoms with Crippen LogP contribution >= 0.6 is 0 Å². The number of aromatic nitrogens is 2. The van der Waals surface area contributed by atoms with E-state index in [1.54, 1.807) is 0 Å². The number of carbonyl (C=O) groups excluding carboxylic acids is 1. The smallest absolute Gasteiger partial charge is 0.252 e. The van der Waals surface area contributed by atoms with Crippen LogP contribution in [0.25, 0.3) is 11.0 Å². The molecule has 0 aliphatic rings. The number of aryl methyl sites for hydroxylation is 1. The Balaban J connectivity index is 1.51. The normalized spacial score (nSPS) is 12.2. The van der Waals surface area contributed by atoms with Gasteiger partial charge in [-0.3, -0.25) is 4.79 Å². The molecule has 5 heteroatoms. The fourth-order valence-corrected chi connectivity index (χ4v) is 4.03. The Kier molecular flexibility index (Phi) is 6.78. The molecule has 3 aromatic carbocycles. The van der Waals surface area contributed by atoms with Gasteiger partial charge >= 0.3 is 0 Å². The monoisotopic (exact) mass is 441 g/mol. The molecule has 1 amide bonds. The van der Waals surface area contributed by atoms with E-state index in [2.05, 4.69) is 41.9 Å². The van der Waals surface area contributed by atoms with Crippen molar-refractivity contribution in [1.82, 2.24) is 14.9 Å². The van der Waals surface area contributed by atoms with E-state index in [1.165, 1.54) is 5.56 Å². The van der Waals surface area contributed by atoms with Crippen molar-refractivity contribution in [3.63, 3.8) is 0 Å². The first kappa shape index (κ1) is 22.6. The van der Waals surface area contributed by atoms with Crippen LogP contribution < -0.4 is 10.1 Å². The number of nitrogens with zero attached hydrogens (tertiary/aromatic N) is 2. The van der Waals surface area contributed by atoms with Gasteiger partial charge in [0.05, 0.1) is 23.6 Å². The van der Waals surface area contributed by atoms with E-state index >= 15 is 0 Å². The minimum atomic E-state index is -0.255. The van der Waals surface area contributed by atoms with Crippen molar-refractivity contribution in [3.05, 3.63) is 95.3 Å². The molecule has 1 heterocycles. The molecular weight excluding hydrogens is 410 g/mol. The highest BCUT2D eigenvalue weighted by Gasteiger charge is 2.19. The van der Waals surface area contributed by atoms with Gasteiger partial charge in [-0.1, -0.05) is 56.3 Å². The van der Waals surface area contributed by atoms with Crippen molar-refractivity contribution in [3.8, 4) is 5.75 Å². The van der Waals surface area contributed by atoms with Crippen LogP contribution in [0.5, 0.6) is 5.75 Å². The Morgan fingerprint density at radius 1 is 0.970 bits per heavy atom. The fraction of sp³-hybridized carbons (Fsp3) is 0.286. The van der Waals surface area contributed by atoms with Gasteiger partial charge in [0, 0.05) is 5.56 Å². The van der Waals surface area contributed by atoms with Crippen molar-refractivity contribution >= 4 is 16.9 Å². The van der Waals surface area contributed by atoms with Crippen LogP contribution in [0.15, 0.2) is 72.8 Å². The third-order valence-electron chi connectivity index (χ3n) is 5.94. The third kappa shape index (κ3) is 5.08. The molecule has 0 saturated heterocycles. The summed E-state index contributed by atoms with van der Waals surface area (Å²) in [5, 5.41) is 3.12. The summed E-state index contributed by atoms with van der Waals surface area (Å²) in [4.78, 5) is 17.7. The second-order valence-corrected chi connectivity index (χ2v) is 8.69. The molecule has 1 aromatic heterocycles. The van der Waals surface area contributed by atoms with Crippen LogP contribution in [0, 0.1) is 6.92 Å². The second kappa shape index (κ2) is 9.90. The molecule has 33 heavy (non-hydrogen) atoms. The zero-order chi connectivity index (χ0) is 23.4. The van der Waals surface area contributed by atoms with Crippen molar-refractivity contribution in [2.75, 3.05) is 6.61 Å². The zero-order valence-electron chi connectivity index (χ0n) is 19.7. The first-order valence-electron chi connectivity index (χ1n) is 11.5. The third-order valence-corrected chi connectivity index (χ3v) is 5.94. The zero-order valence-corrected chi connectivity index (χ0v) is 19.7. The predicted molar refractivity (Wildman–Crippen MR) is 133 cm³/mol. The Bertz CT molecular complexity index is 1240. The average Bonchev–Trinajstić information content (AvgIpc) is 3.18. The Hall–Kier alpha value is -3.60. The minimum absolute atomic E-state index is 0.0966. The first-order valence-corrected chi connectivity index (χ1v) is 11.5. The SMILES string of the molecule is Cc1ccccc1C(=O)NC(C)c1nc2ccccc2n1CCOc1ccc(C(C)C)cc1. The van der Waals surface area contributed by atoms with Gasteiger partial charge < -0.3 is 14.6 Å². The fourth-order valence-electron chi connectivity index (χ4n) is 4.03. The lowest BCUT2D eigenvalue weighted by atomic mass is 10.0. The van der Waals surface area contributed by atoms with Crippen LogP contribution in [0.4, 0.5) is 0 Å². The number of nitrogens with one attached hydrogen (secondary N) is 1. The highest BCUT2D eigenvalue weighted by Crippen LogP contribution is 2.22. The number of hydrogen-bond donors (Lipinski definition) is 1. The van der Waals surface area contributed by atoms with Gasteiger partial charge in [0.2, 0.25) is 0 Å². The molecule has 0 radical (unpaired) electrons. The number of benzene rings is 3. The van der Waals surface area contributed by atoms with Crippen LogP contribution in [0.2, 0.25) is 0 Å². The number of imidazole rings is 1. The molecule has 4 rings (SSSR count). The van der Waals surface area contributed by atoms with Crippen molar-refractivity contribution < 1.29 is 9.53 Å². The Morgan fingerprint density at radius 3 is 2.39 bits per heavy atom. The lowest BCUT2D eigenvalue weighted by molar-refractivity contribution is 0.0937. The van der Waals surface area contributed by atoms with Gasteiger partial charge in [-0.25, -0.2) is 4.98 Å². The Labute approximate surface area is 195 Å². The maximum Gasteiger partial charge on any atom is 0.252 e. The first-order chi connectivity index (χ1) is 15.9. The summed E-state index contributed by atoms with van der Waals surface area (Å²) in [7, 11) is 0. The van der Waals surface area contributed by atoms with Gasteiger partial charge in [-0.15, -0.1) is 0 Å². The molecule has 5 nitrogen and oxygen atoms in total. The summed E-state index contributed by atoms with van der Waals surface area (Å²) in [5.41, 5.74) is 4.87. The largest absolute Gasteiger partial charge is 0.492 e. The molecule has 0 fully saturated rings. The van der Waals surface area contributed by atoms with Gasteiger partial charge in [0.25, 0.3) is 5.91 Å². The summed E-state index contributed by atoms with van der Waals surface area (Å²) in [6, 6.07) is 23.7. The maximum absolute atomic E-state index is 12.9. The van der Waals surface area contributed by atoms with E-state index in [0.29, 0.717) is 24.6 Å². The highest BCUT2D eigenvalue weighted by atomic mass is 16.5.